The van der Waals surface area contributed by atoms with Gasteiger partial charge in [-0.2, -0.15) is 5.26 Å². The standard InChI is InChI=1S/C23H24N6O2S/c1-2-31-19-7-5-18(6-8-19)29-21(17-9-13-25-14-10-17)27-28-22(29)32-15-20(30)26-23(16-24)11-3-4-12-23/h5-10,13-14H,2-4,11-12,15H2,1H3,(H,26,30). The van der Waals surface area contributed by atoms with E-state index in [0.717, 1.165) is 29.8 Å². The number of nitrogens with one attached hydrogen (secondary N) is 1. The topological polar surface area (TPSA) is 106 Å². The van der Waals surface area contributed by atoms with Crippen molar-refractivity contribution in [3.8, 4) is 28.9 Å². The van der Waals surface area contributed by atoms with E-state index in [9.17, 15) is 10.1 Å². The molecule has 0 aliphatic heterocycles. The van der Waals surface area contributed by atoms with E-state index in [1.54, 1.807) is 12.4 Å². The second kappa shape index (κ2) is 9.83. The Morgan fingerprint density at radius 1 is 1.19 bits per heavy atom. The van der Waals surface area contributed by atoms with Gasteiger partial charge in [-0.05, 0) is 69.0 Å². The minimum atomic E-state index is -0.734. The number of pyridine rings is 1. The van der Waals surface area contributed by atoms with Crippen LogP contribution in [-0.2, 0) is 4.79 Å². The molecule has 1 aliphatic carbocycles. The lowest BCUT2D eigenvalue weighted by Gasteiger charge is -2.21. The summed E-state index contributed by atoms with van der Waals surface area (Å²) < 4.78 is 7.47. The molecular weight excluding hydrogens is 424 g/mol. The van der Waals surface area contributed by atoms with Crippen LogP contribution in [0.5, 0.6) is 5.75 Å². The Morgan fingerprint density at radius 3 is 2.56 bits per heavy atom. The number of benzene rings is 1. The van der Waals surface area contributed by atoms with Crippen LogP contribution in [0, 0.1) is 11.3 Å². The monoisotopic (exact) mass is 448 g/mol. The molecular formula is C23H24N6O2S. The van der Waals surface area contributed by atoms with E-state index in [1.165, 1.54) is 11.8 Å². The van der Waals surface area contributed by atoms with Crippen molar-refractivity contribution in [2.75, 3.05) is 12.4 Å². The number of ether oxygens (including phenoxy) is 1. The van der Waals surface area contributed by atoms with Crippen molar-refractivity contribution in [3.05, 3.63) is 48.8 Å². The highest BCUT2D eigenvalue weighted by Gasteiger charge is 2.35. The number of hydrogen-bond acceptors (Lipinski definition) is 7. The third kappa shape index (κ3) is 4.75. The van der Waals surface area contributed by atoms with E-state index in [0.29, 0.717) is 30.4 Å². The van der Waals surface area contributed by atoms with Crippen molar-refractivity contribution in [1.82, 2.24) is 25.1 Å². The number of rotatable bonds is 8. The predicted octanol–water partition coefficient (Wildman–Crippen LogP) is 3.77. The van der Waals surface area contributed by atoms with Crippen LogP contribution in [0.15, 0.2) is 53.9 Å². The summed E-state index contributed by atoms with van der Waals surface area (Å²) in [4.78, 5) is 16.7. The quantitative estimate of drug-likeness (QED) is 0.523. The number of thioether (sulfide) groups is 1. The van der Waals surface area contributed by atoms with Crippen molar-refractivity contribution in [3.63, 3.8) is 0 Å². The van der Waals surface area contributed by atoms with Crippen molar-refractivity contribution in [1.29, 1.82) is 5.26 Å². The molecule has 0 spiro atoms. The summed E-state index contributed by atoms with van der Waals surface area (Å²) in [6.07, 6.45) is 6.74. The van der Waals surface area contributed by atoms with Crippen molar-refractivity contribution in [2.24, 2.45) is 0 Å². The van der Waals surface area contributed by atoms with E-state index in [4.69, 9.17) is 4.74 Å². The molecule has 9 heteroatoms. The first kappa shape index (κ1) is 21.8. The Morgan fingerprint density at radius 2 is 1.91 bits per heavy atom. The molecule has 1 saturated carbocycles. The van der Waals surface area contributed by atoms with Gasteiger partial charge < -0.3 is 10.1 Å². The SMILES string of the molecule is CCOc1ccc(-n2c(SCC(=O)NC3(C#N)CCCC3)nnc2-c2ccncc2)cc1. The lowest BCUT2D eigenvalue weighted by atomic mass is 10.0. The normalized spacial score (nSPS) is 14.6. The van der Waals surface area contributed by atoms with Crippen LogP contribution in [0.2, 0.25) is 0 Å². The number of hydrogen-bond donors (Lipinski definition) is 1. The van der Waals surface area contributed by atoms with E-state index >= 15 is 0 Å². The van der Waals surface area contributed by atoms with Gasteiger partial charge in [-0.25, -0.2) is 0 Å². The highest BCUT2D eigenvalue weighted by Crippen LogP contribution is 2.31. The summed E-state index contributed by atoms with van der Waals surface area (Å²) in [6, 6.07) is 13.7. The molecule has 3 aromatic rings. The lowest BCUT2D eigenvalue weighted by Crippen LogP contribution is -2.45. The molecule has 0 saturated heterocycles. The van der Waals surface area contributed by atoms with Gasteiger partial charge in [0, 0.05) is 23.6 Å². The average molecular weight is 449 g/mol. The molecule has 1 N–H and O–H groups in total. The second-order valence-electron chi connectivity index (χ2n) is 7.54. The summed E-state index contributed by atoms with van der Waals surface area (Å²) in [7, 11) is 0. The highest BCUT2D eigenvalue weighted by atomic mass is 32.2. The number of nitrogens with zero attached hydrogens (tertiary/aromatic N) is 5. The largest absolute Gasteiger partial charge is 0.494 e. The Hall–Kier alpha value is -3.38. The van der Waals surface area contributed by atoms with Crippen LogP contribution in [0.3, 0.4) is 0 Å². The zero-order valence-corrected chi connectivity index (χ0v) is 18.6. The molecule has 0 radical (unpaired) electrons. The molecule has 1 fully saturated rings. The van der Waals surface area contributed by atoms with Crippen molar-refractivity contribution >= 4 is 17.7 Å². The molecule has 0 bridgehead atoms. The first-order valence-electron chi connectivity index (χ1n) is 10.6. The Balaban J connectivity index is 1.58. The summed E-state index contributed by atoms with van der Waals surface area (Å²) in [5.41, 5.74) is 0.993. The van der Waals surface area contributed by atoms with Gasteiger partial charge in [0.15, 0.2) is 11.0 Å². The van der Waals surface area contributed by atoms with Gasteiger partial charge in [-0.3, -0.25) is 14.3 Å². The van der Waals surface area contributed by atoms with E-state index in [2.05, 4.69) is 26.6 Å². The van der Waals surface area contributed by atoms with Crippen LogP contribution >= 0.6 is 11.8 Å². The molecule has 0 atom stereocenters. The van der Waals surface area contributed by atoms with Gasteiger partial charge in [0.25, 0.3) is 0 Å². The number of carbonyl (C=O) groups is 1. The number of nitriles is 1. The zero-order valence-electron chi connectivity index (χ0n) is 17.8. The van der Waals surface area contributed by atoms with Crippen molar-refractivity contribution < 1.29 is 9.53 Å². The summed E-state index contributed by atoms with van der Waals surface area (Å²) in [5, 5.41) is 21.8. The van der Waals surface area contributed by atoms with Gasteiger partial charge >= 0.3 is 0 Å². The fraction of sp³-hybridized carbons (Fsp3) is 0.348. The second-order valence-corrected chi connectivity index (χ2v) is 8.48. The minimum Gasteiger partial charge on any atom is -0.494 e. The molecule has 2 heterocycles. The van der Waals surface area contributed by atoms with E-state index < -0.39 is 5.54 Å². The smallest absolute Gasteiger partial charge is 0.231 e. The average Bonchev–Trinajstić information content (AvgIpc) is 3.47. The van der Waals surface area contributed by atoms with Crippen LogP contribution in [0.4, 0.5) is 0 Å². The summed E-state index contributed by atoms with van der Waals surface area (Å²) >= 11 is 1.29. The molecule has 0 unspecified atom stereocenters. The fourth-order valence-electron chi connectivity index (χ4n) is 3.82. The van der Waals surface area contributed by atoms with Crippen LogP contribution in [-0.4, -0.2) is 43.6 Å². The minimum absolute atomic E-state index is 0.148. The number of amides is 1. The Labute approximate surface area is 191 Å². The van der Waals surface area contributed by atoms with Gasteiger partial charge in [0.05, 0.1) is 18.4 Å². The maximum Gasteiger partial charge on any atom is 0.231 e. The van der Waals surface area contributed by atoms with E-state index in [1.807, 2.05) is 47.9 Å². The Bertz CT molecular complexity index is 1100. The van der Waals surface area contributed by atoms with E-state index in [-0.39, 0.29) is 11.7 Å². The highest BCUT2D eigenvalue weighted by molar-refractivity contribution is 7.99. The molecule has 4 rings (SSSR count). The molecule has 8 nitrogen and oxygen atoms in total. The maximum atomic E-state index is 12.6. The first-order valence-corrected chi connectivity index (χ1v) is 11.6. The van der Waals surface area contributed by atoms with Crippen LogP contribution < -0.4 is 10.1 Å². The number of aromatic nitrogens is 4. The van der Waals surface area contributed by atoms with Crippen LogP contribution in [0.1, 0.15) is 32.6 Å². The zero-order chi connectivity index (χ0) is 22.4. The summed E-state index contributed by atoms with van der Waals surface area (Å²) in [6.45, 7) is 2.53. The van der Waals surface area contributed by atoms with Gasteiger partial charge in [-0.15, -0.1) is 10.2 Å². The fourth-order valence-corrected chi connectivity index (χ4v) is 4.57. The molecule has 32 heavy (non-hydrogen) atoms. The van der Waals surface area contributed by atoms with Crippen LogP contribution in [0.25, 0.3) is 17.1 Å². The molecule has 164 valence electrons. The maximum absolute atomic E-state index is 12.6. The van der Waals surface area contributed by atoms with Gasteiger partial charge in [-0.1, -0.05) is 11.8 Å². The lowest BCUT2D eigenvalue weighted by molar-refractivity contribution is -0.119. The predicted molar refractivity (Wildman–Crippen MR) is 121 cm³/mol. The van der Waals surface area contributed by atoms with Crippen molar-refractivity contribution in [2.45, 2.75) is 43.3 Å². The Kier molecular flexibility index (Phi) is 6.71. The molecule has 1 aliphatic rings. The summed E-state index contributed by atoms with van der Waals surface area (Å²) in [5.74, 6) is 1.41. The molecule has 1 aromatic carbocycles. The molecule has 2 aromatic heterocycles. The third-order valence-electron chi connectivity index (χ3n) is 5.36. The van der Waals surface area contributed by atoms with Gasteiger partial charge in [0.2, 0.25) is 5.91 Å². The first-order chi connectivity index (χ1) is 15.6. The third-order valence-corrected chi connectivity index (χ3v) is 6.29. The van der Waals surface area contributed by atoms with Gasteiger partial charge in [0.1, 0.15) is 11.3 Å². The molecule has 1 amide bonds. The number of carbonyl (C=O) groups excluding carboxylic acids is 1.